The molecule has 3 aromatic rings. The van der Waals surface area contributed by atoms with Crippen molar-refractivity contribution in [1.29, 1.82) is 5.41 Å². The lowest BCUT2D eigenvalue weighted by molar-refractivity contribution is 0.363. The van der Waals surface area contributed by atoms with E-state index in [9.17, 15) is 4.79 Å². The topological polar surface area (TPSA) is 182 Å². The van der Waals surface area contributed by atoms with E-state index in [1.54, 1.807) is 36.4 Å². The third kappa shape index (κ3) is 5.48. The van der Waals surface area contributed by atoms with Crippen molar-refractivity contribution in [2.45, 2.75) is 6.04 Å². The first-order valence-electron chi connectivity index (χ1n) is 9.96. The summed E-state index contributed by atoms with van der Waals surface area (Å²) in [5.74, 6) is 0.968. The Bertz CT molecular complexity index is 1270. The molecule has 0 saturated carbocycles. The lowest BCUT2D eigenvalue weighted by atomic mass is 10.1. The largest absolute Gasteiger partial charge is 0.481 e. The number of rotatable bonds is 10. The van der Waals surface area contributed by atoms with Gasteiger partial charge >= 0.3 is 5.69 Å². The third-order valence-corrected chi connectivity index (χ3v) is 4.63. The van der Waals surface area contributed by atoms with Crippen molar-refractivity contribution >= 4 is 23.6 Å². The van der Waals surface area contributed by atoms with Crippen LogP contribution in [0.3, 0.4) is 0 Å². The van der Waals surface area contributed by atoms with E-state index in [0.717, 1.165) is 4.68 Å². The van der Waals surface area contributed by atoms with E-state index >= 15 is 0 Å². The Balaban J connectivity index is 2.07. The Hall–Kier alpha value is -4.87. The monoisotopic (exact) mass is 463 g/mol. The molecule has 0 aliphatic heterocycles. The average molecular weight is 464 g/mol. The zero-order chi connectivity index (χ0) is 24.7. The number of methoxy groups -OCH3 is 2. The molecule has 2 aromatic heterocycles. The Morgan fingerprint density at radius 1 is 1.26 bits per heavy atom. The second-order valence-electron chi connectivity index (χ2n) is 6.86. The summed E-state index contributed by atoms with van der Waals surface area (Å²) in [5.41, 5.74) is 12.2. The zero-order valence-electron chi connectivity index (χ0n) is 18.6. The predicted octanol–water partition coefficient (Wildman–Crippen LogP) is 1.44. The van der Waals surface area contributed by atoms with E-state index in [2.05, 4.69) is 32.0 Å². The second-order valence-corrected chi connectivity index (χ2v) is 6.86. The number of H-pyrrole nitrogens is 1. The fraction of sp³-hybridized carbons (Fsp3) is 0.136. The van der Waals surface area contributed by atoms with E-state index in [0.29, 0.717) is 28.6 Å². The summed E-state index contributed by atoms with van der Waals surface area (Å²) in [6, 6.07) is 9.68. The van der Waals surface area contributed by atoms with E-state index in [-0.39, 0.29) is 17.5 Å². The number of amidine groups is 1. The summed E-state index contributed by atoms with van der Waals surface area (Å²) in [4.78, 5) is 23.6. The lowest BCUT2D eigenvalue weighted by Gasteiger charge is -2.19. The van der Waals surface area contributed by atoms with Gasteiger partial charge in [0.05, 0.1) is 14.2 Å². The van der Waals surface area contributed by atoms with E-state index < -0.39 is 11.7 Å². The van der Waals surface area contributed by atoms with Crippen molar-refractivity contribution in [2.75, 3.05) is 19.5 Å². The van der Waals surface area contributed by atoms with Crippen LogP contribution in [0.4, 0.5) is 5.69 Å². The molecule has 0 aliphatic rings. The third-order valence-electron chi connectivity index (χ3n) is 4.63. The van der Waals surface area contributed by atoms with Crippen LogP contribution in [0, 0.1) is 5.41 Å². The molecule has 0 fully saturated rings. The SMILES string of the molecule is C=C(/N=C\C=C/N)n1nc(C(Nc2ccc(C(=N)N)cc2)c2cc(OC)nc(OC)c2)[nH]c1=O. The highest BCUT2D eigenvalue weighted by atomic mass is 16.5. The number of hydrogen-bond acceptors (Lipinski definition) is 9. The number of nitrogens with one attached hydrogen (secondary N) is 3. The number of aliphatic imine (C=N–C) groups is 1. The van der Waals surface area contributed by atoms with Crippen LogP contribution in [0.2, 0.25) is 0 Å². The highest BCUT2D eigenvalue weighted by molar-refractivity contribution is 5.95. The molecule has 1 unspecified atom stereocenters. The summed E-state index contributed by atoms with van der Waals surface area (Å²) in [6.07, 6.45) is 4.19. The van der Waals surface area contributed by atoms with Crippen LogP contribution in [0.15, 0.2) is 65.0 Å². The number of aromatic nitrogens is 4. The molecule has 0 aliphatic carbocycles. The van der Waals surface area contributed by atoms with Crippen LogP contribution in [-0.4, -0.2) is 46.0 Å². The Labute approximate surface area is 195 Å². The zero-order valence-corrected chi connectivity index (χ0v) is 18.6. The van der Waals surface area contributed by atoms with E-state index in [1.807, 2.05) is 0 Å². The number of nitrogen functional groups attached to an aromatic ring is 1. The minimum absolute atomic E-state index is 0.0432. The number of benzene rings is 1. The number of nitrogens with two attached hydrogens (primary N) is 2. The van der Waals surface area contributed by atoms with E-state index in [4.69, 9.17) is 26.4 Å². The normalized spacial score (nSPS) is 12.1. The lowest BCUT2D eigenvalue weighted by Crippen LogP contribution is -2.16. The standard InChI is InChI=1S/C22H25N9O3/c1-13(26-10-4-9-23)31-22(32)29-21(30-31)19(15-11-17(33-2)28-18(12-15)34-3)27-16-7-5-14(6-8-16)20(24)25/h4-12,19,27H,1,23H2,2-3H3,(H3,24,25)(H,29,30,32)/b9-4-,26-10-. The maximum atomic E-state index is 12.6. The molecule has 12 heteroatoms. The maximum Gasteiger partial charge on any atom is 0.349 e. The van der Waals surface area contributed by atoms with Crippen LogP contribution < -0.4 is 31.9 Å². The first kappa shape index (κ1) is 23.8. The van der Waals surface area contributed by atoms with Crippen molar-refractivity contribution in [3.05, 3.63) is 82.7 Å². The van der Waals surface area contributed by atoms with Crippen molar-refractivity contribution in [1.82, 2.24) is 19.7 Å². The highest BCUT2D eigenvalue weighted by Gasteiger charge is 2.22. The van der Waals surface area contributed by atoms with Gasteiger partial charge in [0.2, 0.25) is 11.8 Å². The Morgan fingerprint density at radius 3 is 2.47 bits per heavy atom. The van der Waals surface area contributed by atoms with Gasteiger partial charge in [0.15, 0.2) is 11.6 Å². The predicted molar refractivity (Wildman–Crippen MR) is 130 cm³/mol. The molecule has 12 nitrogen and oxygen atoms in total. The molecule has 0 bridgehead atoms. The molecule has 1 atom stereocenters. The molecule has 0 amide bonds. The molecule has 0 radical (unpaired) electrons. The summed E-state index contributed by atoms with van der Waals surface area (Å²) in [5, 5.41) is 15.3. The van der Waals surface area contributed by atoms with Gasteiger partial charge in [0.1, 0.15) is 11.9 Å². The average Bonchev–Trinajstić information content (AvgIpc) is 3.23. The fourth-order valence-electron chi connectivity index (χ4n) is 2.98. The van der Waals surface area contributed by atoms with Gasteiger partial charge in [0, 0.05) is 29.6 Å². The molecular weight excluding hydrogens is 438 g/mol. The highest BCUT2D eigenvalue weighted by Crippen LogP contribution is 2.29. The number of nitrogens with zero attached hydrogens (tertiary/aromatic N) is 4. The van der Waals surface area contributed by atoms with Gasteiger partial charge in [0.25, 0.3) is 0 Å². The number of anilines is 1. The fourth-order valence-corrected chi connectivity index (χ4v) is 2.98. The molecule has 3 rings (SSSR count). The number of aromatic amines is 1. The Morgan fingerprint density at radius 2 is 1.91 bits per heavy atom. The van der Waals surface area contributed by atoms with Crippen LogP contribution in [0.25, 0.3) is 5.82 Å². The van der Waals surface area contributed by atoms with Crippen molar-refractivity contribution < 1.29 is 9.47 Å². The smallest absolute Gasteiger partial charge is 0.349 e. The van der Waals surface area contributed by atoms with Crippen LogP contribution >= 0.6 is 0 Å². The molecule has 2 heterocycles. The molecule has 34 heavy (non-hydrogen) atoms. The first-order valence-corrected chi connectivity index (χ1v) is 9.96. The number of hydrogen-bond donors (Lipinski definition) is 5. The molecule has 7 N–H and O–H groups in total. The van der Waals surface area contributed by atoms with Gasteiger partial charge in [-0.15, -0.1) is 5.10 Å². The van der Waals surface area contributed by atoms with Gasteiger partial charge in [-0.3, -0.25) is 10.4 Å². The summed E-state index contributed by atoms with van der Waals surface area (Å²) < 4.78 is 11.6. The van der Waals surface area contributed by atoms with Crippen molar-refractivity contribution in [3.63, 3.8) is 0 Å². The van der Waals surface area contributed by atoms with Gasteiger partial charge in [-0.2, -0.15) is 9.67 Å². The van der Waals surface area contributed by atoms with Gasteiger partial charge in [-0.05, 0) is 42.1 Å². The van der Waals surface area contributed by atoms with Crippen LogP contribution in [0.1, 0.15) is 23.0 Å². The minimum Gasteiger partial charge on any atom is -0.481 e. The second kappa shape index (κ2) is 10.6. The first-order chi connectivity index (χ1) is 16.4. The molecule has 0 spiro atoms. The maximum absolute atomic E-state index is 12.6. The number of allylic oxidation sites excluding steroid dienone is 1. The van der Waals surface area contributed by atoms with Crippen LogP contribution in [-0.2, 0) is 0 Å². The molecule has 1 aromatic carbocycles. The molecular formula is C22H25N9O3. The van der Waals surface area contributed by atoms with Crippen LogP contribution in [0.5, 0.6) is 11.8 Å². The molecule has 0 saturated heterocycles. The van der Waals surface area contributed by atoms with Gasteiger partial charge < -0.3 is 26.3 Å². The van der Waals surface area contributed by atoms with Gasteiger partial charge in [-0.1, -0.05) is 6.58 Å². The number of ether oxygens (including phenoxy) is 2. The van der Waals surface area contributed by atoms with Crippen molar-refractivity contribution in [3.8, 4) is 11.8 Å². The summed E-state index contributed by atoms with van der Waals surface area (Å²) in [6.45, 7) is 3.77. The summed E-state index contributed by atoms with van der Waals surface area (Å²) in [7, 11) is 2.98. The molecule has 176 valence electrons. The minimum atomic E-state index is -0.649. The Kier molecular flexibility index (Phi) is 7.44. The van der Waals surface area contributed by atoms with Gasteiger partial charge in [-0.25, -0.2) is 9.79 Å². The number of pyridine rings is 1. The summed E-state index contributed by atoms with van der Waals surface area (Å²) >= 11 is 0. The quantitative estimate of drug-likeness (QED) is 0.221. The van der Waals surface area contributed by atoms with E-state index in [1.165, 1.54) is 32.7 Å². The van der Waals surface area contributed by atoms with Crippen molar-refractivity contribution in [2.24, 2.45) is 16.5 Å².